The molecule has 15 heavy (non-hydrogen) atoms. The van der Waals surface area contributed by atoms with E-state index in [-0.39, 0.29) is 12.1 Å². The molecule has 0 saturated heterocycles. The maximum absolute atomic E-state index is 9.43. The summed E-state index contributed by atoms with van der Waals surface area (Å²) in [5.41, 5.74) is 1.12. The molecule has 2 rings (SSSR count). The van der Waals surface area contributed by atoms with Crippen molar-refractivity contribution < 1.29 is 5.11 Å². The minimum Gasteiger partial charge on any atom is -0.394 e. The lowest BCUT2D eigenvalue weighted by molar-refractivity contribution is 0.162. The van der Waals surface area contributed by atoms with Crippen molar-refractivity contribution >= 4 is 0 Å². The average Bonchev–Trinajstić information content (AvgIpc) is 2.85. The van der Waals surface area contributed by atoms with Crippen LogP contribution >= 0.6 is 0 Å². The van der Waals surface area contributed by atoms with Crippen molar-refractivity contribution in [2.24, 2.45) is 7.05 Å². The van der Waals surface area contributed by atoms with Gasteiger partial charge in [-0.05, 0) is 18.9 Å². The first kappa shape index (κ1) is 10.6. The summed E-state index contributed by atoms with van der Waals surface area (Å²) in [6, 6.07) is 2.01. The highest BCUT2D eigenvalue weighted by Gasteiger charge is 2.32. The number of nitrogens with zero attached hydrogens (tertiary/aromatic N) is 2. The van der Waals surface area contributed by atoms with Crippen molar-refractivity contribution in [2.45, 2.75) is 37.8 Å². The molecule has 84 valence electrons. The molecule has 1 heterocycles. The van der Waals surface area contributed by atoms with Crippen LogP contribution in [0.5, 0.6) is 0 Å². The Bertz CT molecular complexity index is 315. The fourth-order valence-corrected chi connectivity index (χ4v) is 2.30. The number of rotatable bonds is 4. The molecule has 0 atom stereocenters. The Labute approximate surface area is 90.3 Å². The highest BCUT2D eigenvalue weighted by Crippen LogP contribution is 2.29. The lowest BCUT2D eigenvalue weighted by atomic mass is 9.99. The molecule has 1 aliphatic carbocycles. The molecule has 4 heteroatoms. The molecule has 1 aromatic rings. The number of aliphatic hydroxyl groups is 1. The summed E-state index contributed by atoms with van der Waals surface area (Å²) in [4.78, 5) is 0. The number of hydrogen-bond acceptors (Lipinski definition) is 3. The minimum atomic E-state index is -0.0374. The van der Waals surface area contributed by atoms with E-state index in [9.17, 15) is 5.11 Å². The van der Waals surface area contributed by atoms with Gasteiger partial charge >= 0.3 is 0 Å². The van der Waals surface area contributed by atoms with E-state index in [1.807, 2.05) is 17.8 Å². The van der Waals surface area contributed by atoms with Gasteiger partial charge in [-0.15, -0.1) is 0 Å². The number of nitrogens with one attached hydrogen (secondary N) is 1. The standard InChI is InChI=1S/C11H19N3O/c1-14-10(4-7-13-14)8-12-11(9-15)5-2-3-6-11/h4,7,12,15H,2-3,5-6,8-9H2,1H3. The third-order valence-corrected chi connectivity index (χ3v) is 3.43. The topological polar surface area (TPSA) is 50.1 Å². The average molecular weight is 209 g/mol. The van der Waals surface area contributed by atoms with Crippen molar-refractivity contribution in [3.63, 3.8) is 0 Å². The van der Waals surface area contributed by atoms with Gasteiger partial charge in [-0.2, -0.15) is 5.10 Å². The zero-order valence-corrected chi connectivity index (χ0v) is 9.24. The monoisotopic (exact) mass is 209 g/mol. The Morgan fingerprint density at radius 2 is 2.27 bits per heavy atom. The normalized spacial score (nSPS) is 19.6. The molecule has 0 aromatic carbocycles. The summed E-state index contributed by atoms with van der Waals surface area (Å²) in [6.07, 6.45) is 6.41. The number of aromatic nitrogens is 2. The predicted molar refractivity (Wildman–Crippen MR) is 58.3 cm³/mol. The van der Waals surface area contributed by atoms with E-state index < -0.39 is 0 Å². The van der Waals surface area contributed by atoms with Gasteiger partial charge in [-0.1, -0.05) is 12.8 Å². The van der Waals surface area contributed by atoms with Crippen LogP contribution in [-0.2, 0) is 13.6 Å². The van der Waals surface area contributed by atoms with E-state index in [1.54, 1.807) is 6.20 Å². The SMILES string of the molecule is Cn1nccc1CNC1(CO)CCCC1. The Hall–Kier alpha value is -0.870. The second-order valence-corrected chi connectivity index (χ2v) is 4.45. The van der Waals surface area contributed by atoms with Crippen LogP contribution in [0.2, 0.25) is 0 Å². The van der Waals surface area contributed by atoms with Crippen LogP contribution in [0, 0.1) is 0 Å². The number of aryl methyl sites for hydroxylation is 1. The fourth-order valence-electron chi connectivity index (χ4n) is 2.30. The van der Waals surface area contributed by atoms with Crippen LogP contribution in [-0.4, -0.2) is 27.0 Å². The summed E-state index contributed by atoms with van der Waals surface area (Å²) < 4.78 is 1.87. The van der Waals surface area contributed by atoms with Gasteiger partial charge in [0.15, 0.2) is 0 Å². The molecule has 1 aliphatic rings. The second-order valence-electron chi connectivity index (χ2n) is 4.45. The summed E-state index contributed by atoms with van der Waals surface area (Å²) in [7, 11) is 1.94. The van der Waals surface area contributed by atoms with Crippen LogP contribution in [0.3, 0.4) is 0 Å². The van der Waals surface area contributed by atoms with Gasteiger partial charge in [0.25, 0.3) is 0 Å². The van der Waals surface area contributed by atoms with Crippen LogP contribution < -0.4 is 5.32 Å². The van der Waals surface area contributed by atoms with E-state index in [4.69, 9.17) is 0 Å². The van der Waals surface area contributed by atoms with E-state index in [2.05, 4.69) is 10.4 Å². The zero-order chi connectivity index (χ0) is 10.7. The lowest BCUT2D eigenvalue weighted by Gasteiger charge is -2.28. The highest BCUT2D eigenvalue weighted by molar-refractivity contribution is 5.02. The van der Waals surface area contributed by atoms with Gasteiger partial charge in [0.05, 0.1) is 12.3 Å². The maximum atomic E-state index is 9.43. The van der Waals surface area contributed by atoms with E-state index in [1.165, 1.54) is 12.8 Å². The predicted octanol–water partition coefficient (Wildman–Crippen LogP) is 0.815. The first-order valence-electron chi connectivity index (χ1n) is 5.59. The Kier molecular flexibility index (Phi) is 3.07. The molecule has 1 saturated carbocycles. The molecule has 2 N–H and O–H groups in total. The van der Waals surface area contributed by atoms with Gasteiger partial charge < -0.3 is 10.4 Å². The van der Waals surface area contributed by atoms with Crippen molar-refractivity contribution in [1.82, 2.24) is 15.1 Å². The van der Waals surface area contributed by atoms with Crippen molar-refractivity contribution in [2.75, 3.05) is 6.61 Å². The zero-order valence-electron chi connectivity index (χ0n) is 9.24. The van der Waals surface area contributed by atoms with E-state index in [0.29, 0.717) is 0 Å². The first-order chi connectivity index (χ1) is 7.26. The summed E-state index contributed by atoms with van der Waals surface area (Å²) in [5.74, 6) is 0. The van der Waals surface area contributed by atoms with Gasteiger partial charge in [0.1, 0.15) is 0 Å². The van der Waals surface area contributed by atoms with Gasteiger partial charge in [0, 0.05) is 25.3 Å². The molecular weight excluding hydrogens is 190 g/mol. The van der Waals surface area contributed by atoms with Crippen LogP contribution in [0.4, 0.5) is 0 Å². The van der Waals surface area contributed by atoms with Crippen molar-refractivity contribution in [3.05, 3.63) is 18.0 Å². The molecule has 0 aliphatic heterocycles. The van der Waals surface area contributed by atoms with Gasteiger partial charge in [-0.3, -0.25) is 4.68 Å². The van der Waals surface area contributed by atoms with Gasteiger partial charge in [-0.25, -0.2) is 0 Å². The smallest absolute Gasteiger partial charge is 0.0613 e. The summed E-state index contributed by atoms with van der Waals surface area (Å²) in [5, 5.41) is 17.0. The molecule has 0 unspecified atom stereocenters. The molecule has 0 amide bonds. The van der Waals surface area contributed by atoms with Crippen molar-refractivity contribution in [3.8, 4) is 0 Å². The molecule has 1 fully saturated rings. The summed E-state index contributed by atoms with van der Waals surface area (Å²) in [6.45, 7) is 1.03. The van der Waals surface area contributed by atoms with E-state index >= 15 is 0 Å². The minimum absolute atomic E-state index is 0.0374. The number of aliphatic hydroxyl groups excluding tert-OH is 1. The highest BCUT2D eigenvalue weighted by atomic mass is 16.3. The van der Waals surface area contributed by atoms with Crippen LogP contribution in [0.25, 0.3) is 0 Å². The Balaban J connectivity index is 1.94. The quantitative estimate of drug-likeness (QED) is 0.771. The van der Waals surface area contributed by atoms with Crippen LogP contribution in [0.15, 0.2) is 12.3 Å². The lowest BCUT2D eigenvalue weighted by Crippen LogP contribution is -2.45. The molecule has 0 spiro atoms. The van der Waals surface area contributed by atoms with Crippen molar-refractivity contribution in [1.29, 1.82) is 0 Å². The Morgan fingerprint density at radius 3 is 2.80 bits per heavy atom. The Morgan fingerprint density at radius 1 is 1.53 bits per heavy atom. The molecule has 0 radical (unpaired) electrons. The number of hydrogen-bond donors (Lipinski definition) is 2. The maximum Gasteiger partial charge on any atom is 0.0613 e. The second kappa shape index (κ2) is 4.33. The molecule has 1 aromatic heterocycles. The molecule has 4 nitrogen and oxygen atoms in total. The molecular formula is C11H19N3O. The fraction of sp³-hybridized carbons (Fsp3) is 0.727. The van der Waals surface area contributed by atoms with Crippen LogP contribution in [0.1, 0.15) is 31.4 Å². The summed E-state index contributed by atoms with van der Waals surface area (Å²) >= 11 is 0. The largest absolute Gasteiger partial charge is 0.394 e. The third kappa shape index (κ3) is 2.21. The third-order valence-electron chi connectivity index (χ3n) is 3.43. The van der Waals surface area contributed by atoms with Gasteiger partial charge in [0.2, 0.25) is 0 Å². The molecule has 0 bridgehead atoms. The first-order valence-corrected chi connectivity index (χ1v) is 5.59. The van der Waals surface area contributed by atoms with E-state index in [0.717, 1.165) is 25.1 Å².